The molecule has 0 spiro atoms. The highest BCUT2D eigenvalue weighted by molar-refractivity contribution is 6.10. The topological polar surface area (TPSA) is 90.5 Å². The zero-order chi connectivity index (χ0) is 14.9. The van der Waals surface area contributed by atoms with Crippen LogP contribution in [-0.2, 0) is 6.42 Å². The number of ether oxygens (including phenoxy) is 1. The number of aromatic hydroxyl groups is 1. The number of fused-ring (bicyclic) bond motifs is 1. The van der Waals surface area contributed by atoms with E-state index in [2.05, 4.69) is 0 Å². The van der Waals surface area contributed by atoms with Crippen LogP contribution < -0.4 is 4.74 Å². The molecule has 0 fully saturated rings. The minimum absolute atomic E-state index is 0.154. The van der Waals surface area contributed by atoms with Gasteiger partial charge in [-0.3, -0.25) is 0 Å². The zero-order valence-electron chi connectivity index (χ0n) is 11.1. The van der Waals surface area contributed by atoms with E-state index < -0.39 is 11.7 Å². The van der Waals surface area contributed by atoms with Crippen LogP contribution >= 0.6 is 0 Å². The first kappa shape index (κ1) is 13.7. The molecule has 0 saturated heterocycles. The van der Waals surface area contributed by atoms with E-state index in [1.165, 1.54) is 7.11 Å². The van der Waals surface area contributed by atoms with Gasteiger partial charge in [-0.15, -0.1) is 0 Å². The highest BCUT2D eigenvalue weighted by Crippen LogP contribution is 2.41. The lowest BCUT2D eigenvalue weighted by Crippen LogP contribution is -2.03. The average Bonchev–Trinajstić information content (AvgIpc) is 2.44. The molecule has 0 aliphatic rings. The number of carboxylic acids is 1. The number of methoxy groups -OCH3 is 1. The molecule has 5 nitrogen and oxygen atoms in total. The summed E-state index contributed by atoms with van der Waals surface area (Å²) in [5.41, 5.74) is 0.435. The summed E-state index contributed by atoms with van der Waals surface area (Å²) in [6.45, 7) is 1.92. The van der Waals surface area contributed by atoms with Gasteiger partial charge in [0.2, 0.25) is 0 Å². The zero-order valence-corrected chi connectivity index (χ0v) is 11.1. The van der Waals surface area contributed by atoms with Crippen molar-refractivity contribution in [1.29, 1.82) is 5.26 Å². The molecular weight excluding hydrogens is 258 g/mol. The number of aryl methyl sites for hydroxylation is 1. The van der Waals surface area contributed by atoms with Crippen molar-refractivity contribution in [2.45, 2.75) is 13.3 Å². The maximum Gasteiger partial charge on any atom is 0.340 e. The minimum Gasteiger partial charge on any atom is -0.505 e. The van der Waals surface area contributed by atoms with Gasteiger partial charge in [0.05, 0.1) is 7.11 Å². The summed E-state index contributed by atoms with van der Waals surface area (Å²) >= 11 is 0. The summed E-state index contributed by atoms with van der Waals surface area (Å²) in [6.07, 6.45) is 0.655. The van der Waals surface area contributed by atoms with Crippen LogP contribution in [-0.4, -0.2) is 23.3 Å². The van der Waals surface area contributed by atoms with Gasteiger partial charge in [0, 0.05) is 10.8 Å². The Morgan fingerprint density at radius 1 is 1.45 bits per heavy atom. The Kier molecular flexibility index (Phi) is 3.49. The second-order valence-corrected chi connectivity index (χ2v) is 4.24. The molecule has 0 aliphatic carbocycles. The summed E-state index contributed by atoms with van der Waals surface area (Å²) in [5.74, 6) is -1.63. The number of carboxylic acid groups (broad SMARTS) is 1. The number of nitrogens with zero attached hydrogens (tertiary/aromatic N) is 1. The molecule has 2 aromatic carbocycles. The standard InChI is InChI=1S/C15H13NO4/c1-3-8-5-4-6-9-11(8)14(20-2)10(7-16)13(17)12(9)15(18)19/h4-6,17H,3H2,1-2H3,(H,18,19). The predicted octanol–water partition coefficient (Wildman–Crippen LogP) is 2.69. The molecule has 20 heavy (non-hydrogen) atoms. The Balaban J connectivity index is 3.13. The summed E-state index contributed by atoms with van der Waals surface area (Å²) in [6, 6.07) is 6.98. The smallest absolute Gasteiger partial charge is 0.340 e. The number of hydrogen-bond donors (Lipinski definition) is 2. The number of carbonyl (C=O) groups is 1. The Morgan fingerprint density at radius 2 is 2.15 bits per heavy atom. The first-order valence-electron chi connectivity index (χ1n) is 6.04. The molecule has 2 rings (SSSR count). The van der Waals surface area contributed by atoms with E-state index in [0.717, 1.165) is 5.56 Å². The van der Waals surface area contributed by atoms with E-state index in [1.54, 1.807) is 12.1 Å². The van der Waals surface area contributed by atoms with Crippen LogP contribution in [0.2, 0.25) is 0 Å². The maximum atomic E-state index is 11.4. The van der Waals surface area contributed by atoms with Gasteiger partial charge in [-0.1, -0.05) is 25.1 Å². The Bertz CT molecular complexity index is 744. The average molecular weight is 271 g/mol. The van der Waals surface area contributed by atoms with Gasteiger partial charge in [0.1, 0.15) is 22.9 Å². The molecule has 0 aromatic heterocycles. The van der Waals surface area contributed by atoms with Gasteiger partial charge in [-0.05, 0) is 12.0 Å². The van der Waals surface area contributed by atoms with Gasteiger partial charge in [0.15, 0.2) is 5.75 Å². The van der Waals surface area contributed by atoms with Crippen LogP contribution in [0.1, 0.15) is 28.4 Å². The molecule has 0 amide bonds. The highest BCUT2D eigenvalue weighted by Gasteiger charge is 2.24. The first-order valence-corrected chi connectivity index (χ1v) is 6.04. The SMILES string of the molecule is CCc1cccc2c(C(=O)O)c(O)c(C#N)c(OC)c12. The van der Waals surface area contributed by atoms with Crippen molar-refractivity contribution in [2.75, 3.05) is 7.11 Å². The molecule has 0 radical (unpaired) electrons. The number of phenols is 1. The lowest BCUT2D eigenvalue weighted by atomic mass is 9.94. The van der Waals surface area contributed by atoms with Gasteiger partial charge < -0.3 is 14.9 Å². The van der Waals surface area contributed by atoms with E-state index in [-0.39, 0.29) is 16.9 Å². The lowest BCUT2D eigenvalue weighted by molar-refractivity contribution is 0.0696. The minimum atomic E-state index is -1.28. The number of hydrogen-bond acceptors (Lipinski definition) is 4. The molecule has 0 atom stereocenters. The number of rotatable bonds is 3. The molecule has 2 N–H and O–H groups in total. The van der Waals surface area contributed by atoms with Crippen molar-refractivity contribution < 1.29 is 19.7 Å². The molecular formula is C15H13NO4. The molecule has 0 aliphatic heterocycles. The highest BCUT2D eigenvalue weighted by atomic mass is 16.5. The molecule has 0 bridgehead atoms. The Morgan fingerprint density at radius 3 is 2.65 bits per heavy atom. The summed E-state index contributed by atoms with van der Waals surface area (Å²) in [7, 11) is 1.39. The van der Waals surface area contributed by atoms with Crippen LogP contribution in [0.4, 0.5) is 0 Å². The van der Waals surface area contributed by atoms with Crippen LogP contribution in [0.3, 0.4) is 0 Å². The van der Waals surface area contributed by atoms with Gasteiger partial charge >= 0.3 is 5.97 Å². The van der Waals surface area contributed by atoms with Gasteiger partial charge in [-0.25, -0.2) is 4.79 Å². The van der Waals surface area contributed by atoms with Crippen molar-refractivity contribution in [2.24, 2.45) is 0 Å². The monoisotopic (exact) mass is 271 g/mol. The third kappa shape index (κ3) is 1.82. The Hall–Kier alpha value is -2.74. The summed E-state index contributed by atoms with van der Waals surface area (Å²) in [5, 5.41) is 29.5. The molecule has 0 saturated carbocycles. The quantitative estimate of drug-likeness (QED) is 0.895. The second kappa shape index (κ2) is 5.10. The summed E-state index contributed by atoms with van der Waals surface area (Å²) < 4.78 is 5.23. The van der Waals surface area contributed by atoms with Crippen LogP contribution in [0, 0.1) is 11.3 Å². The third-order valence-corrected chi connectivity index (χ3v) is 3.26. The van der Waals surface area contributed by atoms with Crippen LogP contribution in [0.5, 0.6) is 11.5 Å². The third-order valence-electron chi connectivity index (χ3n) is 3.26. The van der Waals surface area contributed by atoms with E-state index >= 15 is 0 Å². The summed E-state index contributed by atoms with van der Waals surface area (Å²) in [4.78, 5) is 11.4. The largest absolute Gasteiger partial charge is 0.505 e. The van der Waals surface area contributed by atoms with Crippen molar-refractivity contribution in [3.8, 4) is 17.6 Å². The number of benzene rings is 2. The fraction of sp³-hybridized carbons (Fsp3) is 0.200. The Labute approximate surface area is 115 Å². The second-order valence-electron chi connectivity index (χ2n) is 4.24. The van der Waals surface area contributed by atoms with Gasteiger partial charge in [0.25, 0.3) is 0 Å². The van der Waals surface area contributed by atoms with Crippen molar-refractivity contribution in [3.05, 3.63) is 34.9 Å². The van der Waals surface area contributed by atoms with Gasteiger partial charge in [-0.2, -0.15) is 5.26 Å². The molecule has 102 valence electrons. The normalized spacial score (nSPS) is 10.2. The fourth-order valence-electron chi connectivity index (χ4n) is 2.38. The maximum absolute atomic E-state index is 11.4. The molecule has 0 unspecified atom stereocenters. The predicted molar refractivity (Wildman–Crippen MR) is 73.2 cm³/mol. The fourth-order valence-corrected chi connectivity index (χ4v) is 2.38. The number of nitriles is 1. The van der Waals surface area contributed by atoms with Crippen LogP contribution in [0.15, 0.2) is 18.2 Å². The molecule has 5 heteroatoms. The molecule has 0 heterocycles. The van der Waals surface area contributed by atoms with Crippen LogP contribution in [0.25, 0.3) is 10.8 Å². The van der Waals surface area contributed by atoms with E-state index in [0.29, 0.717) is 17.2 Å². The van der Waals surface area contributed by atoms with Crippen molar-refractivity contribution in [1.82, 2.24) is 0 Å². The van der Waals surface area contributed by atoms with E-state index in [9.17, 15) is 20.3 Å². The van der Waals surface area contributed by atoms with E-state index in [4.69, 9.17) is 4.74 Å². The van der Waals surface area contributed by atoms with E-state index in [1.807, 2.05) is 19.1 Å². The first-order chi connectivity index (χ1) is 9.56. The van der Waals surface area contributed by atoms with Crippen molar-refractivity contribution >= 4 is 16.7 Å². The number of aromatic carboxylic acids is 1. The van der Waals surface area contributed by atoms with Crippen molar-refractivity contribution in [3.63, 3.8) is 0 Å². The molecule has 2 aromatic rings. The lowest BCUT2D eigenvalue weighted by Gasteiger charge is -2.15.